The third-order valence-electron chi connectivity index (χ3n) is 3.10. The summed E-state index contributed by atoms with van der Waals surface area (Å²) >= 11 is 0. The lowest BCUT2D eigenvalue weighted by Crippen LogP contribution is -2.26. The van der Waals surface area contributed by atoms with E-state index in [1.165, 1.54) is 12.5 Å². The van der Waals surface area contributed by atoms with Crippen molar-refractivity contribution in [1.82, 2.24) is 5.32 Å². The third kappa shape index (κ3) is 4.75. The quantitative estimate of drug-likeness (QED) is 0.899. The molecule has 0 fully saturated rings. The molecule has 3 heteroatoms. The first-order chi connectivity index (χ1) is 8.84. The molecule has 0 heterocycles. The van der Waals surface area contributed by atoms with Gasteiger partial charge in [0.25, 0.3) is 0 Å². The van der Waals surface area contributed by atoms with Crippen LogP contribution in [0.3, 0.4) is 0 Å². The molecular formula is C16H22N2O. The molecule has 0 radical (unpaired) electrons. The summed E-state index contributed by atoms with van der Waals surface area (Å²) in [6.45, 7) is 8.01. The van der Waals surface area contributed by atoms with Crippen LogP contribution in [-0.4, -0.2) is 5.91 Å². The fourth-order valence-electron chi connectivity index (χ4n) is 1.99. The maximum absolute atomic E-state index is 11.2. The topological polar surface area (TPSA) is 52.9 Å². The molecule has 3 nitrogen and oxygen atoms in total. The van der Waals surface area contributed by atoms with E-state index in [1.54, 1.807) is 0 Å². The van der Waals surface area contributed by atoms with Crippen LogP contribution in [0, 0.1) is 11.3 Å². The van der Waals surface area contributed by atoms with Crippen molar-refractivity contribution in [1.29, 1.82) is 5.26 Å². The first-order valence-corrected chi connectivity index (χ1v) is 6.59. The van der Waals surface area contributed by atoms with Gasteiger partial charge in [0.15, 0.2) is 0 Å². The van der Waals surface area contributed by atoms with Crippen molar-refractivity contribution in [3.63, 3.8) is 0 Å². The van der Waals surface area contributed by atoms with Gasteiger partial charge in [-0.2, -0.15) is 5.26 Å². The molecule has 102 valence electrons. The number of carbonyl (C=O) groups is 1. The molecule has 1 rings (SSSR count). The molecule has 0 aromatic heterocycles. The maximum atomic E-state index is 11.2. The second-order valence-corrected chi connectivity index (χ2v) is 5.82. The van der Waals surface area contributed by atoms with Gasteiger partial charge in [-0.25, -0.2) is 0 Å². The van der Waals surface area contributed by atoms with E-state index in [0.29, 0.717) is 12.8 Å². The number of rotatable bonds is 4. The van der Waals surface area contributed by atoms with E-state index in [4.69, 9.17) is 5.26 Å². The van der Waals surface area contributed by atoms with Gasteiger partial charge in [-0.15, -0.1) is 0 Å². The fourth-order valence-corrected chi connectivity index (χ4v) is 1.99. The third-order valence-corrected chi connectivity index (χ3v) is 3.10. The highest BCUT2D eigenvalue weighted by Gasteiger charge is 2.16. The molecule has 19 heavy (non-hydrogen) atoms. The van der Waals surface area contributed by atoms with Crippen LogP contribution in [-0.2, 0) is 10.2 Å². The van der Waals surface area contributed by atoms with E-state index in [-0.39, 0.29) is 17.4 Å². The molecule has 0 aliphatic carbocycles. The number of hydrogen-bond donors (Lipinski definition) is 1. The van der Waals surface area contributed by atoms with Crippen LogP contribution in [0.2, 0.25) is 0 Å². The van der Waals surface area contributed by atoms with E-state index in [1.807, 2.05) is 12.1 Å². The highest BCUT2D eigenvalue weighted by Crippen LogP contribution is 2.25. The molecule has 0 unspecified atom stereocenters. The Labute approximate surface area is 115 Å². The minimum Gasteiger partial charge on any atom is -0.350 e. The molecule has 0 aliphatic heterocycles. The van der Waals surface area contributed by atoms with E-state index in [9.17, 15) is 4.79 Å². The van der Waals surface area contributed by atoms with Gasteiger partial charge in [-0.3, -0.25) is 4.79 Å². The van der Waals surface area contributed by atoms with Gasteiger partial charge in [0, 0.05) is 13.3 Å². The average molecular weight is 258 g/mol. The van der Waals surface area contributed by atoms with Gasteiger partial charge in [0.2, 0.25) is 5.91 Å². The van der Waals surface area contributed by atoms with Crippen LogP contribution in [0.25, 0.3) is 0 Å². The summed E-state index contributed by atoms with van der Waals surface area (Å²) in [5.74, 6) is -0.0668. The first-order valence-electron chi connectivity index (χ1n) is 6.59. The van der Waals surface area contributed by atoms with Crippen molar-refractivity contribution in [2.75, 3.05) is 0 Å². The fraction of sp³-hybridized carbons (Fsp3) is 0.500. The van der Waals surface area contributed by atoms with Gasteiger partial charge < -0.3 is 5.32 Å². The van der Waals surface area contributed by atoms with Crippen LogP contribution in [0.15, 0.2) is 24.3 Å². The Balaban J connectivity index is 2.90. The first kappa shape index (κ1) is 15.2. The zero-order chi connectivity index (χ0) is 14.5. The number of amides is 1. The van der Waals surface area contributed by atoms with Crippen LogP contribution >= 0.6 is 0 Å². The lowest BCUT2D eigenvalue weighted by Gasteiger charge is -2.21. The predicted molar refractivity (Wildman–Crippen MR) is 76.5 cm³/mol. The lowest BCUT2D eigenvalue weighted by molar-refractivity contribution is -0.119. The van der Waals surface area contributed by atoms with Crippen molar-refractivity contribution in [2.45, 2.75) is 52.0 Å². The minimum absolute atomic E-state index is 0.0668. The molecule has 0 saturated carbocycles. The molecule has 1 aromatic carbocycles. The van der Waals surface area contributed by atoms with Gasteiger partial charge in [0.05, 0.1) is 12.1 Å². The van der Waals surface area contributed by atoms with E-state index in [2.05, 4.69) is 44.3 Å². The number of nitriles is 1. The van der Waals surface area contributed by atoms with Gasteiger partial charge in [-0.05, 0) is 23.0 Å². The van der Waals surface area contributed by atoms with Gasteiger partial charge >= 0.3 is 0 Å². The molecule has 0 spiro atoms. The molecule has 1 aromatic rings. The van der Waals surface area contributed by atoms with Gasteiger partial charge in [0.1, 0.15) is 0 Å². The maximum Gasteiger partial charge on any atom is 0.217 e. The summed E-state index contributed by atoms with van der Waals surface area (Å²) in [5, 5.41) is 11.6. The van der Waals surface area contributed by atoms with Crippen molar-refractivity contribution in [3.8, 4) is 6.07 Å². The number of hydrogen-bond acceptors (Lipinski definition) is 2. The Morgan fingerprint density at radius 2 is 1.89 bits per heavy atom. The van der Waals surface area contributed by atoms with Crippen molar-refractivity contribution in [2.24, 2.45) is 0 Å². The molecule has 1 N–H and O–H groups in total. The predicted octanol–water partition coefficient (Wildman–Crippen LogP) is 3.47. The molecular weight excluding hydrogens is 236 g/mol. The van der Waals surface area contributed by atoms with E-state index < -0.39 is 0 Å². The molecule has 1 amide bonds. The summed E-state index contributed by atoms with van der Waals surface area (Å²) in [7, 11) is 0. The molecule has 0 aliphatic rings. The average Bonchev–Trinajstić information content (AvgIpc) is 2.33. The Kier molecular flexibility index (Phi) is 5.11. The Morgan fingerprint density at radius 3 is 2.32 bits per heavy atom. The standard InChI is InChI=1S/C16H22N2O/c1-12(19)18-15(6-5-11-17)13-7-9-14(10-8-13)16(2,3)4/h7-10,15H,5-6H2,1-4H3,(H,18,19)/t15-/m0/s1. The van der Waals surface area contributed by atoms with Crippen LogP contribution in [0.1, 0.15) is 57.7 Å². The summed E-state index contributed by atoms with van der Waals surface area (Å²) < 4.78 is 0. The second kappa shape index (κ2) is 6.38. The lowest BCUT2D eigenvalue weighted by atomic mass is 9.86. The van der Waals surface area contributed by atoms with Gasteiger partial charge in [-0.1, -0.05) is 45.0 Å². The summed E-state index contributed by atoms with van der Waals surface area (Å²) in [6.07, 6.45) is 1.08. The SMILES string of the molecule is CC(=O)N[C@@H](CCC#N)c1ccc(C(C)(C)C)cc1. The number of nitrogens with one attached hydrogen (secondary N) is 1. The molecule has 0 bridgehead atoms. The van der Waals surface area contributed by atoms with E-state index >= 15 is 0 Å². The van der Waals surface area contributed by atoms with Crippen LogP contribution in [0.4, 0.5) is 0 Å². The van der Waals surface area contributed by atoms with E-state index in [0.717, 1.165) is 5.56 Å². The molecule has 0 saturated heterocycles. The Bertz CT molecular complexity index is 463. The zero-order valence-electron chi connectivity index (χ0n) is 12.2. The van der Waals surface area contributed by atoms with Crippen molar-refractivity contribution < 1.29 is 4.79 Å². The number of nitrogens with zero attached hydrogens (tertiary/aromatic N) is 1. The second-order valence-electron chi connectivity index (χ2n) is 5.82. The summed E-state index contributed by atoms with van der Waals surface area (Å²) in [5.41, 5.74) is 2.44. The Hall–Kier alpha value is -1.82. The van der Waals surface area contributed by atoms with Crippen molar-refractivity contribution in [3.05, 3.63) is 35.4 Å². The zero-order valence-corrected chi connectivity index (χ0v) is 12.2. The monoisotopic (exact) mass is 258 g/mol. The highest BCUT2D eigenvalue weighted by atomic mass is 16.1. The van der Waals surface area contributed by atoms with Crippen LogP contribution < -0.4 is 5.32 Å². The minimum atomic E-state index is -0.0776. The smallest absolute Gasteiger partial charge is 0.217 e. The van der Waals surface area contributed by atoms with Crippen LogP contribution in [0.5, 0.6) is 0 Å². The number of carbonyl (C=O) groups excluding carboxylic acids is 1. The largest absolute Gasteiger partial charge is 0.350 e. The normalized spacial score (nSPS) is 12.6. The summed E-state index contributed by atoms with van der Waals surface area (Å²) in [4.78, 5) is 11.2. The molecule has 1 atom stereocenters. The highest BCUT2D eigenvalue weighted by molar-refractivity contribution is 5.73. The number of benzene rings is 1. The Morgan fingerprint density at radius 1 is 1.32 bits per heavy atom. The summed E-state index contributed by atoms with van der Waals surface area (Å²) in [6, 6.07) is 10.3. The van der Waals surface area contributed by atoms with Crippen molar-refractivity contribution >= 4 is 5.91 Å².